The third-order valence-corrected chi connectivity index (χ3v) is 4.18. The maximum Gasteiger partial charge on any atom is 0.129 e. The fraction of sp³-hybridized carbons (Fsp3) is 0.538. The van der Waals surface area contributed by atoms with Crippen molar-refractivity contribution in [3.05, 3.63) is 34.1 Å². The van der Waals surface area contributed by atoms with Crippen LogP contribution in [0.2, 0.25) is 0 Å². The third-order valence-electron chi connectivity index (χ3n) is 3.49. The van der Waals surface area contributed by atoms with E-state index in [1.54, 1.807) is 6.07 Å². The third kappa shape index (κ3) is 3.43. The number of hydrogen-bond donors (Lipinski definition) is 1. The van der Waals surface area contributed by atoms with Gasteiger partial charge in [0, 0.05) is 16.1 Å². The SMILES string of the molecule is Cl.N[C@@H](c1c(F)cccc1Br)C1CCCCC1. The molecule has 1 saturated carbocycles. The van der Waals surface area contributed by atoms with Crippen LogP contribution in [-0.2, 0) is 0 Å². The lowest BCUT2D eigenvalue weighted by Gasteiger charge is -2.28. The average molecular weight is 323 g/mol. The van der Waals surface area contributed by atoms with Gasteiger partial charge in [-0.05, 0) is 30.9 Å². The van der Waals surface area contributed by atoms with Gasteiger partial charge in [0.05, 0.1) is 0 Å². The fourth-order valence-electron chi connectivity index (χ4n) is 2.56. The Bertz CT molecular complexity index is 346. The molecule has 4 heteroatoms. The summed E-state index contributed by atoms with van der Waals surface area (Å²) >= 11 is 3.39. The minimum absolute atomic E-state index is 0. The minimum Gasteiger partial charge on any atom is -0.324 e. The Kier molecular flexibility index (Phi) is 5.90. The highest BCUT2D eigenvalue weighted by Crippen LogP contribution is 2.36. The van der Waals surface area contributed by atoms with Gasteiger partial charge >= 0.3 is 0 Å². The summed E-state index contributed by atoms with van der Waals surface area (Å²) in [5.41, 5.74) is 6.85. The monoisotopic (exact) mass is 321 g/mol. The van der Waals surface area contributed by atoms with E-state index in [0.29, 0.717) is 11.5 Å². The molecule has 96 valence electrons. The van der Waals surface area contributed by atoms with Crippen LogP contribution in [0.15, 0.2) is 22.7 Å². The molecule has 0 bridgehead atoms. The molecule has 1 aliphatic carbocycles. The number of rotatable bonds is 2. The lowest BCUT2D eigenvalue weighted by molar-refractivity contribution is 0.303. The first-order valence-corrected chi connectivity index (χ1v) is 6.69. The molecule has 1 nitrogen and oxygen atoms in total. The average Bonchev–Trinajstić information content (AvgIpc) is 2.30. The Hall–Kier alpha value is -0.120. The summed E-state index contributed by atoms with van der Waals surface area (Å²) < 4.78 is 14.5. The highest BCUT2D eigenvalue weighted by Gasteiger charge is 2.25. The summed E-state index contributed by atoms with van der Waals surface area (Å²) in [4.78, 5) is 0. The molecule has 0 unspecified atom stereocenters. The summed E-state index contributed by atoms with van der Waals surface area (Å²) in [6.07, 6.45) is 6.00. The van der Waals surface area contributed by atoms with E-state index in [1.165, 1.54) is 25.3 Å². The Labute approximate surface area is 117 Å². The number of halogens is 3. The molecular formula is C13H18BrClFN. The highest BCUT2D eigenvalue weighted by atomic mass is 79.9. The predicted octanol–water partition coefficient (Wildman–Crippen LogP) is 4.59. The maximum absolute atomic E-state index is 13.7. The van der Waals surface area contributed by atoms with Crippen LogP contribution in [0.3, 0.4) is 0 Å². The molecule has 0 heterocycles. The zero-order chi connectivity index (χ0) is 11.5. The van der Waals surface area contributed by atoms with Gasteiger partial charge in [0.15, 0.2) is 0 Å². The van der Waals surface area contributed by atoms with Gasteiger partial charge in [0.1, 0.15) is 5.82 Å². The number of benzene rings is 1. The summed E-state index contributed by atoms with van der Waals surface area (Å²) in [6, 6.07) is 4.89. The molecule has 2 rings (SSSR count). The predicted molar refractivity (Wildman–Crippen MR) is 74.9 cm³/mol. The van der Waals surface area contributed by atoms with Gasteiger partial charge in [0.25, 0.3) is 0 Å². The molecule has 0 aliphatic heterocycles. The minimum atomic E-state index is -0.188. The van der Waals surface area contributed by atoms with Crippen LogP contribution in [0.5, 0.6) is 0 Å². The topological polar surface area (TPSA) is 26.0 Å². The van der Waals surface area contributed by atoms with E-state index in [4.69, 9.17) is 5.73 Å². The normalized spacial score (nSPS) is 18.5. The quantitative estimate of drug-likeness (QED) is 0.846. The van der Waals surface area contributed by atoms with Gasteiger partial charge in [-0.25, -0.2) is 4.39 Å². The number of nitrogens with two attached hydrogens (primary N) is 1. The van der Waals surface area contributed by atoms with Crippen LogP contribution in [0.25, 0.3) is 0 Å². The Balaban J connectivity index is 0.00000144. The van der Waals surface area contributed by atoms with Crippen molar-refractivity contribution in [2.24, 2.45) is 11.7 Å². The maximum atomic E-state index is 13.7. The zero-order valence-electron chi connectivity index (χ0n) is 9.66. The van der Waals surface area contributed by atoms with Crippen molar-refractivity contribution >= 4 is 28.3 Å². The highest BCUT2D eigenvalue weighted by molar-refractivity contribution is 9.10. The second-order valence-corrected chi connectivity index (χ2v) is 5.41. The fourth-order valence-corrected chi connectivity index (χ4v) is 3.16. The van der Waals surface area contributed by atoms with Gasteiger partial charge in [0.2, 0.25) is 0 Å². The van der Waals surface area contributed by atoms with E-state index in [1.807, 2.05) is 6.07 Å². The largest absolute Gasteiger partial charge is 0.324 e. The molecule has 0 saturated heterocycles. The molecule has 0 amide bonds. The molecule has 1 aromatic carbocycles. The van der Waals surface area contributed by atoms with Crippen molar-refractivity contribution in [2.45, 2.75) is 38.1 Å². The van der Waals surface area contributed by atoms with Crippen molar-refractivity contribution in [3.63, 3.8) is 0 Å². The first kappa shape index (κ1) is 14.9. The molecule has 1 aromatic rings. The van der Waals surface area contributed by atoms with Gasteiger partial charge in [-0.1, -0.05) is 41.3 Å². The second kappa shape index (κ2) is 6.72. The van der Waals surface area contributed by atoms with Gasteiger partial charge in [-0.2, -0.15) is 0 Å². The van der Waals surface area contributed by atoms with E-state index < -0.39 is 0 Å². The smallest absolute Gasteiger partial charge is 0.129 e. The molecule has 1 fully saturated rings. The molecular weight excluding hydrogens is 305 g/mol. The molecule has 1 aliphatic rings. The Morgan fingerprint density at radius 1 is 1.24 bits per heavy atom. The number of hydrogen-bond acceptors (Lipinski definition) is 1. The summed E-state index contributed by atoms with van der Waals surface area (Å²) in [5, 5.41) is 0. The van der Waals surface area contributed by atoms with Crippen LogP contribution in [0.4, 0.5) is 4.39 Å². The van der Waals surface area contributed by atoms with Crippen LogP contribution in [0, 0.1) is 11.7 Å². The lowest BCUT2D eigenvalue weighted by atomic mass is 9.81. The van der Waals surface area contributed by atoms with Crippen molar-refractivity contribution in [2.75, 3.05) is 0 Å². The zero-order valence-corrected chi connectivity index (χ0v) is 12.1. The van der Waals surface area contributed by atoms with Crippen LogP contribution in [-0.4, -0.2) is 0 Å². The Morgan fingerprint density at radius 3 is 2.47 bits per heavy atom. The molecule has 17 heavy (non-hydrogen) atoms. The van der Waals surface area contributed by atoms with Crippen LogP contribution < -0.4 is 5.73 Å². The van der Waals surface area contributed by atoms with Crippen molar-refractivity contribution in [1.82, 2.24) is 0 Å². The first-order chi connectivity index (χ1) is 7.70. The van der Waals surface area contributed by atoms with Crippen LogP contribution >= 0.6 is 28.3 Å². The van der Waals surface area contributed by atoms with Crippen LogP contribution in [0.1, 0.15) is 43.7 Å². The van der Waals surface area contributed by atoms with E-state index in [0.717, 1.165) is 17.3 Å². The molecule has 0 radical (unpaired) electrons. The van der Waals surface area contributed by atoms with Crippen molar-refractivity contribution < 1.29 is 4.39 Å². The summed E-state index contributed by atoms with van der Waals surface area (Å²) in [5.74, 6) is 0.245. The standard InChI is InChI=1S/C13H17BrFN.ClH/c14-10-7-4-8-11(15)12(10)13(16)9-5-2-1-3-6-9;/h4,7-9,13H,1-3,5-6,16H2;1H/t13-;/m1./s1. The van der Waals surface area contributed by atoms with Gasteiger partial charge < -0.3 is 5.73 Å². The van der Waals surface area contributed by atoms with Crippen molar-refractivity contribution in [3.8, 4) is 0 Å². The summed E-state index contributed by atoms with van der Waals surface area (Å²) in [7, 11) is 0. The van der Waals surface area contributed by atoms with Gasteiger partial charge in [-0.3, -0.25) is 0 Å². The van der Waals surface area contributed by atoms with Crippen molar-refractivity contribution in [1.29, 1.82) is 0 Å². The molecule has 1 atom stereocenters. The molecule has 0 aromatic heterocycles. The summed E-state index contributed by atoms with van der Waals surface area (Å²) in [6.45, 7) is 0. The molecule has 0 spiro atoms. The van der Waals surface area contributed by atoms with E-state index in [2.05, 4.69) is 15.9 Å². The lowest BCUT2D eigenvalue weighted by Crippen LogP contribution is -2.24. The van der Waals surface area contributed by atoms with Gasteiger partial charge in [-0.15, -0.1) is 12.4 Å². The Morgan fingerprint density at radius 2 is 1.88 bits per heavy atom. The first-order valence-electron chi connectivity index (χ1n) is 5.89. The van der Waals surface area contributed by atoms with E-state index >= 15 is 0 Å². The second-order valence-electron chi connectivity index (χ2n) is 4.56. The molecule has 2 N–H and O–H groups in total. The van der Waals surface area contributed by atoms with E-state index in [9.17, 15) is 4.39 Å². The van der Waals surface area contributed by atoms with E-state index in [-0.39, 0.29) is 24.3 Å².